The molecule has 0 unspecified atom stereocenters. The average molecular weight is 703 g/mol. The van der Waals surface area contributed by atoms with Gasteiger partial charge in [0.15, 0.2) is 0 Å². The summed E-state index contributed by atoms with van der Waals surface area (Å²) in [6.45, 7) is 0. The molecule has 11 rings (SSSR count). The number of hydrogen-bond acceptors (Lipinski definition) is 2. The number of fused-ring (bicyclic) bond motifs is 7. The Hall–Kier alpha value is -7.36. The molecule has 9 aromatic carbocycles. The van der Waals surface area contributed by atoms with Crippen molar-refractivity contribution in [2.45, 2.75) is 0 Å². The van der Waals surface area contributed by atoms with Gasteiger partial charge in [-0.05, 0) is 100 Å². The SMILES string of the molecule is c1cc(-c2ccc(N(c3ccc(-c4ccc5c(c4)oc4ccccc45)cc3)c3cccc4ccccc34)cc2)cc(-n2c3ccccc3c3ccccc32)c1. The quantitative estimate of drug-likeness (QED) is 0.172. The molecule has 2 aromatic heterocycles. The minimum absolute atomic E-state index is 0.904. The summed E-state index contributed by atoms with van der Waals surface area (Å²) in [6, 6.07) is 74.0. The molecule has 0 aliphatic rings. The Kier molecular flexibility index (Phi) is 7.17. The molecule has 11 aromatic rings. The first-order valence-corrected chi connectivity index (χ1v) is 18.8. The van der Waals surface area contributed by atoms with Crippen molar-refractivity contribution in [1.82, 2.24) is 4.57 Å². The van der Waals surface area contributed by atoms with Gasteiger partial charge in [0, 0.05) is 44.0 Å². The van der Waals surface area contributed by atoms with Crippen LogP contribution in [0.5, 0.6) is 0 Å². The molecular weight excluding hydrogens is 669 g/mol. The van der Waals surface area contributed by atoms with Crippen LogP contribution in [0.2, 0.25) is 0 Å². The maximum absolute atomic E-state index is 6.22. The summed E-state index contributed by atoms with van der Waals surface area (Å²) in [6.07, 6.45) is 0. The largest absolute Gasteiger partial charge is 0.456 e. The molecule has 0 fully saturated rings. The van der Waals surface area contributed by atoms with Crippen molar-refractivity contribution in [2.24, 2.45) is 0 Å². The molecule has 0 aliphatic carbocycles. The molecule has 3 nitrogen and oxygen atoms in total. The summed E-state index contributed by atoms with van der Waals surface area (Å²) in [5.41, 5.74) is 13.3. The number of aromatic nitrogens is 1. The summed E-state index contributed by atoms with van der Waals surface area (Å²) in [7, 11) is 0. The summed E-state index contributed by atoms with van der Waals surface area (Å²) >= 11 is 0. The van der Waals surface area contributed by atoms with Gasteiger partial charge in [-0.3, -0.25) is 0 Å². The normalized spacial score (nSPS) is 11.6. The predicted molar refractivity (Wildman–Crippen MR) is 231 cm³/mol. The van der Waals surface area contributed by atoms with Crippen LogP contribution in [-0.4, -0.2) is 4.57 Å². The van der Waals surface area contributed by atoms with Crippen LogP contribution >= 0.6 is 0 Å². The van der Waals surface area contributed by atoms with Crippen LogP contribution in [0.15, 0.2) is 211 Å². The molecule has 258 valence electrons. The van der Waals surface area contributed by atoms with Crippen molar-refractivity contribution in [1.29, 1.82) is 0 Å². The van der Waals surface area contributed by atoms with Crippen LogP contribution in [0.3, 0.4) is 0 Å². The lowest BCUT2D eigenvalue weighted by molar-refractivity contribution is 0.669. The van der Waals surface area contributed by atoms with Crippen molar-refractivity contribution in [2.75, 3.05) is 4.90 Å². The van der Waals surface area contributed by atoms with Gasteiger partial charge in [0.25, 0.3) is 0 Å². The Labute approximate surface area is 318 Å². The molecule has 0 bridgehead atoms. The first-order chi connectivity index (χ1) is 27.3. The van der Waals surface area contributed by atoms with Crippen molar-refractivity contribution >= 4 is 71.6 Å². The van der Waals surface area contributed by atoms with Gasteiger partial charge >= 0.3 is 0 Å². The molecule has 0 N–H and O–H groups in total. The van der Waals surface area contributed by atoms with Crippen LogP contribution in [0.25, 0.3) is 82.5 Å². The topological polar surface area (TPSA) is 21.3 Å². The van der Waals surface area contributed by atoms with Gasteiger partial charge < -0.3 is 13.9 Å². The van der Waals surface area contributed by atoms with E-state index in [1.54, 1.807) is 0 Å². The molecule has 0 radical (unpaired) electrons. The van der Waals surface area contributed by atoms with E-state index in [-0.39, 0.29) is 0 Å². The van der Waals surface area contributed by atoms with Gasteiger partial charge in [0.05, 0.1) is 16.7 Å². The zero-order valence-corrected chi connectivity index (χ0v) is 29.9. The average Bonchev–Trinajstić information content (AvgIpc) is 3.80. The predicted octanol–water partition coefficient (Wildman–Crippen LogP) is 14.6. The van der Waals surface area contributed by atoms with Gasteiger partial charge in [-0.2, -0.15) is 0 Å². The Morgan fingerprint density at radius 2 is 0.873 bits per heavy atom. The van der Waals surface area contributed by atoms with E-state index in [1.165, 1.54) is 43.7 Å². The van der Waals surface area contributed by atoms with E-state index in [0.29, 0.717) is 0 Å². The third-order valence-corrected chi connectivity index (χ3v) is 11.0. The van der Waals surface area contributed by atoms with Crippen LogP contribution in [0.4, 0.5) is 17.1 Å². The zero-order chi connectivity index (χ0) is 36.3. The van der Waals surface area contributed by atoms with E-state index in [0.717, 1.165) is 55.8 Å². The summed E-state index contributed by atoms with van der Waals surface area (Å²) in [5.74, 6) is 0. The molecule has 0 saturated carbocycles. The fraction of sp³-hybridized carbons (Fsp3) is 0. The van der Waals surface area contributed by atoms with E-state index in [4.69, 9.17) is 4.42 Å². The Balaban J connectivity index is 0.981. The monoisotopic (exact) mass is 702 g/mol. The van der Waals surface area contributed by atoms with E-state index >= 15 is 0 Å². The highest BCUT2D eigenvalue weighted by molar-refractivity contribution is 6.09. The van der Waals surface area contributed by atoms with Gasteiger partial charge in [-0.15, -0.1) is 0 Å². The number of para-hydroxylation sites is 3. The fourth-order valence-corrected chi connectivity index (χ4v) is 8.37. The molecular formula is C52H34N2O. The third kappa shape index (κ3) is 5.20. The molecule has 55 heavy (non-hydrogen) atoms. The van der Waals surface area contributed by atoms with Gasteiger partial charge in [-0.1, -0.05) is 133 Å². The lowest BCUT2D eigenvalue weighted by Gasteiger charge is -2.27. The van der Waals surface area contributed by atoms with Gasteiger partial charge in [0.2, 0.25) is 0 Å². The Bertz CT molecular complexity index is 3150. The van der Waals surface area contributed by atoms with Crippen LogP contribution in [0.1, 0.15) is 0 Å². The van der Waals surface area contributed by atoms with Crippen LogP contribution in [0, 0.1) is 0 Å². The highest BCUT2D eigenvalue weighted by Crippen LogP contribution is 2.41. The standard InChI is InChI=1S/C52H34N2O/c1-2-15-43-37(11-1)12-10-21-48(43)53(41-30-25-36(26-31-41)39-27-32-47-46-18-5-8-22-51(46)55-52(47)34-39)40-28-23-35(24-29-40)38-13-9-14-42(33-38)54-49-19-6-3-16-44(49)45-17-4-7-20-50(45)54/h1-34H. The molecule has 0 spiro atoms. The first kappa shape index (κ1) is 31.2. The highest BCUT2D eigenvalue weighted by Gasteiger charge is 2.17. The number of hydrogen-bond donors (Lipinski definition) is 0. The smallest absolute Gasteiger partial charge is 0.136 e. The molecule has 2 heterocycles. The van der Waals surface area contributed by atoms with E-state index in [9.17, 15) is 0 Å². The van der Waals surface area contributed by atoms with E-state index < -0.39 is 0 Å². The molecule has 0 aliphatic heterocycles. The zero-order valence-electron chi connectivity index (χ0n) is 29.9. The fourth-order valence-electron chi connectivity index (χ4n) is 8.37. The number of benzene rings is 9. The van der Waals surface area contributed by atoms with E-state index in [2.05, 4.69) is 204 Å². The summed E-state index contributed by atoms with van der Waals surface area (Å²) in [5, 5.41) is 7.22. The van der Waals surface area contributed by atoms with Crippen molar-refractivity contribution in [3.05, 3.63) is 206 Å². The summed E-state index contributed by atoms with van der Waals surface area (Å²) in [4.78, 5) is 2.37. The lowest BCUT2D eigenvalue weighted by Crippen LogP contribution is -2.10. The van der Waals surface area contributed by atoms with Crippen molar-refractivity contribution in [3.63, 3.8) is 0 Å². The third-order valence-electron chi connectivity index (χ3n) is 11.0. The van der Waals surface area contributed by atoms with Crippen molar-refractivity contribution < 1.29 is 4.42 Å². The molecule has 0 amide bonds. The summed E-state index contributed by atoms with van der Waals surface area (Å²) < 4.78 is 8.60. The maximum Gasteiger partial charge on any atom is 0.136 e. The number of rotatable bonds is 6. The molecule has 3 heteroatoms. The maximum atomic E-state index is 6.22. The molecule has 0 saturated heterocycles. The second kappa shape index (κ2) is 12.6. The number of nitrogens with zero attached hydrogens (tertiary/aromatic N) is 2. The van der Waals surface area contributed by atoms with Crippen molar-refractivity contribution in [3.8, 4) is 27.9 Å². The highest BCUT2D eigenvalue weighted by atomic mass is 16.3. The second-order valence-corrected chi connectivity index (χ2v) is 14.2. The van der Waals surface area contributed by atoms with Crippen LogP contribution in [-0.2, 0) is 0 Å². The second-order valence-electron chi connectivity index (χ2n) is 14.2. The minimum atomic E-state index is 0.904. The Morgan fingerprint density at radius 3 is 1.58 bits per heavy atom. The first-order valence-electron chi connectivity index (χ1n) is 18.8. The minimum Gasteiger partial charge on any atom is -0.456 e. The van der Waals surface area contributed by atoms with Gasteiger partial charge in [-0.25, -0.2) is 0 Å². The number of furan rings is 1. The van der Waals surface area contributed by atoms with Gasteiger partial charge in [0.1, 0.15) is 11.2 Å². The molecule has 0 atom stereocenters. The Morgan fingerprint density at radius 1 is 0.345 bits per heavy atom. The number of anilines is 3. The van der Waals surface area contributed by atoms with E-state index in [1.807, 2.05) is 12.1 Å². The van der Waals surface area contributed by atoms with Crippen LogP contribution < -0.4 is 4.90 Å². The lowest BCUT2D eigenvalue weighted by atomic mass is 10.0.